The number of para-hydroxylation sites is 9. The normalized spacial score (nSPS) is 11.5. The van der Waals surface area contributed by atoms with Crippen LogP contribution in [0.4, 0.5) is 0 Å². The summed E-state index contributed by atoms with van der Waals surface area (Å²) in [6, 6.07) is 182. The fourth-order valence-corrected chi connectivity index (χ4v) is 24.0. The molecule has 704 valence electrons. The van der Waals surface area contributed by atoms with Gasteiger partial charge in [-0.3, -0.25) is 13.7 Å². The Morgan fingerprint density at radius 3 is 0.727 bits per heavy atom. The van der Waals surface area contributed by atoms with E-state index in [1.807, 2.05) is 131 Å². The maximum atomic E-state index is 5.26. The zero-order valence-corrected chi connectivity index (χ0v) is 83.2. The molecule has 0 bridgehead atoms. The standard InChI is InChI=1S/2C47H30N4S.C41H26N4S/c1-4-14-31(15-5-1)33-18-12-19-34(28-33)40-30-41(49-46(48-40)32-16-6-2-7-17-32)37-22-13-25-44-45(37)38-29-35(26-27-43(38)52-44)47-50-39-23-10-11-24-42(39)51(47)36-20-8-3-9-21-36;1-4-13-31(14-5-1)32-23-25-33(26-24-32)40-30-41(49-46(48-40)34-15-6-2-7-16-34)37-19-12-22-44-45(37)38-29-35(27-28-43(38)52-44)47-50-39-20-10-11-21-42(39)51(47)36-17-8-3-9-18-36;1-4-13-27(14-5-1)34-26-35(43-40(42-34)28-15-6-2-7-16-28)31-19-12-22-38-39(31)32-25-29(23-24-37(32)46-38)41-44-33-20-10-11-21-36(33)45(41)30-17-8-3-9-18-30/h2*1-30H;1-26H. The number of aromatic nitrogens is 12. The van der Waals surface area contributed by atoms with Gasteiger partial charge in [0.05, 0.1) is 67.3 Å². The molecule has 0 aliphatic carbocycles. The molecule has 0 saturated carbocycles. The van der Waals surface area contributed by atoms with Gasteiger partial charge in [0, 0.05) is 144 Å². The van der Waals surface area contributed by atoms with Gasteiger partial charge < -0.3 is 0 Å². The minimum absolute atomic E-state index is 0.701. The van der Waals surface area contributed by atoms with Crippen LogP contribution in [0.25, 0.3) is 269 Å². The third-order valence-electron chi connectivity index (χ3n) is 27.7. The van der Waals surface area contributed by atoms with Crippen LogP contribution in [0.3, 0.4) is 0 Å². The number of rotatable bonds is 17. The van der Waals surface area contributed by atoms with Gasteiger partial charge >= 0.3 is 0 Å². The molecule has 9 aromatic heterocycles. The van der Waals surface area contributed by atoms with Crippen molar-refractivity contribution in [3.63, 3.8) is 0 Å². The molecule has 0 saturated heterocycles. The Labute approximate surface area is 876 Å². The van der Waals surface area contributed by atoms with Gasteiger partial charge in [0.2, 0.25) is 0 Å². The van der Waals surface area contributed by atoms with Gasteiger partial charge in [0.15, 0.2) is 17.5 Å². The summed E-state index contributed by atoms with van der Waals surface area (Å²) in [5.41, 5.74) is 32.0. The predicted octanol–water partition coefficient (Wildman–Crippen LogP) is 35.9. The molecule has 0 N–H and O–H groups in total. The monoisotopic (exact) mass is 1970 g/mol. The maximum Gasteiger partial charge on any atom is 0.160 e. The average Bonchev–Trinajstić information content (AvgIpc) is 1.58. The number of fused-ring (bicyclic) bond motifs is 12. The van der Waals surface area contributed by atoms with E-state index < -0.39 is 0 Å². The molecule has 12 nitrogen and oxygen atoms in total. The smallest absolute Gasteiger partial charge is 0.160 e. The largest absolute Gasteiger partial charge is 0.292 e. The summed E-state index contributed by atoms with van der Waals surface area (Å²) in [5, 5.41) is 7.15. The Morgan fingerprint density at radius 2 is 0.387 bits per heavy atom. The summed E-state index contributed by atoms with van der Waals surface area (Å²) in [7, 11) is 0. The summed E-state index contributed by atoms with van der Waals surface area (Å²) in [6.07, 6.45) is 0. The van der Waals surface area contributed by atoms with Crippen LogP contribution >= 0.6 is 34.0 Å². The van der Waals surface area contributed by atoms with E-state index in [4.69, 9.17) is 44.9 Å². The van der Waals surface area contributed by atoms with Crippen LogP contribution in [0.5, 0.6) is 0 Å². The first kappa shape index (κ1) is 89.5. The number of hydrogen-bond acceptors (Lipinski definition) is 12. The zero-order valence-electron chi connectivity index (χ0n) is 80.7. The van der Waals surface area contributed by atoms with Crippen molar-refractivity contribution >= 4 is 128 Å². The Bertz CT molecular complexity index is 10100. The highest BCUT2D eigenvalue weighted by Crippen LogP contribution is 2.49. The van der Waals surface area contributed by atoms with Crippen LogP contribution in [0.15, 0.2) is 522 Å². The van der Waals surface area contributed by atoms with E-state index >= 15 is 0 Å². The lowest BCUT2D eigenvalue weighted by Crippen LogP contribution is -1.97. The highest BCUT2D eigenvalue weighted by atomic mass is 32.1. The van der Waals surface area contributed by atoms with Crippen molar-refractivity contribution in [2.45, 2.75) is 0 Å². The van der Waals surface area contributed by atoms with Crippen LogP contribution < -0.4 is 0 Å². The fourth-order valence-electron chi connectivity index (χ4n) is 20.6. The molecule has 29 rings (SSSR count). The van der Waals surface area contributed by atoms with E-state index in [2.05, 4.69) is 438 Å². The zero-order chi connectivity index (χ0) is 99.3. The highest BCUT2D eigenvalue weighted by Gasteiger charge is 2.26. The molecular formula is C135H86N12S3. The molecule has 9 heterocycles. The van der Waals surface area contributed by atoms with Gasteiger partial charge in [-0.15, -0.1) is 34.0 Å². The summed E-state index contributed by atoms with van der Waals surface area (Å²) in [4.78, 5) is 46.5. The van der Waals surface area contributed by atoms with Gasteiger partial charge in [0.1, 0.15) is 17.5 Å². The molecule has 29 aromatic rings. The first-order valence-electron chi connectivity index (χ1n) is 50.0. The van der Waals surface area contributed by atoms with E-state index in [-0.39, 0.29) is 0 Å². The average molecular weight is 1970 g/mol. The molecule has 15 heteroatoms. The van der Waals surface area contributed by atoms with E-state index in [1.165, 1.54) is 77.2 Å². The van der Waals surface area contributed by atoms with Crippen molar-refractivity contribution in [2.24, 2.45) is 0 Å². The van der Waals surface area contributed by atoms with Crippen molar-refractivity contribution in [3.8, 4) is 175 Å². The van der Waals surface area contributed by atoms with Crippen molar-refractivity contribution < 1.29 is 0 Å². The third kappa shape index (κ3) is 17.1. The van der Waals surface area contributed by atoms with Crippen molar-refractivity contribution in [1.82, 2.24) is 58.6 Å². The second-order valence-corrected chi connectivity index (χ2v) is 40.3. The minimum Gasteiger partial charge on any atom is -0.292 e. The van der Waals surface area contributed by atoms with Crippen molar-refractivity contribution in [3.05, 3.63) is 522 Å². The molecule has 0 amide bonds. The summed E-state index contributed by atoms with van der Waals surface area (Å²) in [6.45, 7) is 0. The van der Waals surface area contributed by atoms with E-state index in [9.17, 15) is 0 Å². The first-order valence-corrected chi connectivity index (χ1v) is 52.5. The van der Waals surface area contributed by atoms with Crippen molar-refractivity contribution in [1.29, 1.82) is 0 Å². The fraction of sp³-hybridized carbons (Fsp3) is 0. The molecule has 0 unspecified atom stereocenters. The Hall–Kier alpha value is -19.3. The first-order chi connectivity index (χ1) is 74.3. The lowest BCUT2D eigenvalue weighted by Gasteiger charge is -2.12. The second kappa shape index (κ2) is 39.0. The predicted molar refractivity (Wildman–Crippen MR) is 625 cm³/mol. The molecule has 0 fully saturated rings. The summed E-state index contributed by atoms with van der Waals surface area (Å²) in [5.74, 6) is 4.87. The van der Waals surface area contributed by atoms with Gasteiger partial charge in [-0.05, 0) is 192 Å². The number of thiophene rings is 3. The molecule has 0 aliphatic heterocycles. The van der Waals surface area contributed by atoms with Crippen LogP contribution in [-0.2, 0) is 0 Å². The number of nitrogens with zero attached hydrogens (tertiary/aromatic N) is 12. The molecule has 0 radical (unpaired) electrons. The molecule has 0 aliphatic rings. The van der Waals surface area contributed by atoms with Crippen LogP contribution in [-0.4, -0.2) is 58.6 Å². The van der Waals surface area contributed by atoms with E-state index in [0.717, 1.165) is 174 Å². The summed E-state index contributed by atoms with van der Waals surface area (Å²) >= 11 is 5.43. The molecular weight excluding hydrogens is 1890 g/mol. The molecule has 150 heavy (non-hydrogen) atoms. The minimum atomic E-state index is 0.701. The Balaban J connectivity index is 0.000000111. The lowest BCUT2D eigenvalue weighted by molar-refractivity contribution is 1.10. The van der Waals surface area contributed by atoms with E-state index in [0.29, 0.717) is 17.5 Å². The number of benzene rings is 20. The molecule has 0 spiro atoms. The van der Waals surface area contributed by atoms with Crippen LogP contribution in [0.2, 0.25) is 0 Å². The quantitative estimate of drug-likeness (QED) is 0.0874. The Morgan fingerprint density at radius 1 is 0.147 bits per heavy atom. The van der Waals surface area contributed by atoms with E-state index in [1.54, 1.807) is 0 Å². The highest BCUT2D eigenvalue weighted by molar-refractivity contribution is 7.26. The molecule has 20 aromatic carbocycles. The SMILES string of the molecule is c1ccc(-c2cc(-c3cccc4sc5ccc(-c6nc7ccccc7n6-c6ccccc6)cc5c34)nc(-c3ccccc3)n2)cc1.c1ccc(-c2ccc(-c3cc(-c4cccc5sc6ccc(-c7nc8ccccc8n7-c7ccccc7)cc6c45)nc(-c4ccccc4)n3)cc2)cc1.c1ccc(-c2cccc(-c3cc(-c4cccc5sc6ccc(-c7nc8ccccc8n7-c7ccccc7)cc6c45)nc(-c4ccccc4)n3)c2)cc1. The number of imidazole rings is 3. The Kier molecular flexibility index (Phi) is 23.3. The van der Waals surface area contributed by atoms with Gasteiger partial charge in [-0.1, -0.05) is 352 Å². The maximum absolute atomic E-state index is 5.26. The van der Waals surface area contributed by atoms with Gasteiger partial charge in [-0.25, -0.2) is 44.9 Å². The third-order valence-corrected chi connectivity index (χ3v) is 31.1. The summed E-state index contributed by atoms with van der Waals surface area (Å²) < 4.78 is 14.1. The van der Waals surface area contributed by atoms with Gasteiger partial charge in [-0.2, -0.15) is 0 Å². The number of hydrogen-bond donors (Lipinski definition) is 0. The second-order valence-electron chi connectivity index (χ2n) is 37.0. The molecule has 0 atom stereocenters. The topological polar surface area (TPSA) is 131 Å². The lowest BCUT2D eigenvalue weighted by atomic mass is 9.99. The van der Waals surface area contributed by atoms with Crippen LogP contribution in [0.1, 0.15) is 0 Å². The van der Waals surface area contributed by atoms with Gasteiger partial charge in [0.25, 0.3) is 0 Å². The van der Waals surface area contributed by atoms with Crippen molar-refractivity contribution in [2.75, 3.05) is 0 Å². The van der Waals surface area contributed by atoms with Crippen LogP contribution in [0, 0.1) is 0 Å².